The van der Waals surface area contributed by atoms with Crippen LogP contribution in [-0.2, 0) is 6.42 Å². The lowest BCUT2D eigenvalue weighted by Gasteiger charge is -2.14. The van der Waals surface area contributed by atoms with E-state index in [0.717, 1.165) is 39.4 Å². The second-order valence-corrected chi connectivity index (χ2v) is 4.91. The van der Waals surface area contributed by atoms with E-state index < -0.39 is 0 Å². The summed E-state index contributed by atoms with van der Waals surface area (Å²) in [5.41, 5.74) is 2.91. The first-order valence-corrected chi connectivity index (χ1v) is 7.38. The fourth-order valence-corrected chi connectivity index (χ4v) is 2.52. The predicted octanol–water partition coefficient (Wildman–Crippen LogP) is 4.56. The Morgan fingerprint density at radius 2 is 1.65 bits per heavy atom. The van der Waals surface area contributed by atoms with Crippen molar-refractivity contribution in [1.29, 1.82) is 0 Å². The van der Waals surface area contributed by atoms with Crippen molar-refractivity contribution in [3.63, 3.8) is 0 Å². The fraction of sp³-hybridized carbons (Fsp3) is 0.438. The highest BCUT2D eigenvalue weighted by Crippen LogP contribution is 2.36. The number of halogens is 1. The van der Waals surface area contributed by atoms with E-state index in [1.165, 1.54) is 0 Å². The molecular formula is C16H20ClNO2. The Morgan fingerprint density at radius 1 is 1.05 bits per heavy atom. The van der Waals surface area contributed by atoms with Crippen LogP contribution < -0.4 is 9.47 Å². The molecule has 1 aromatic carbocycles. The quantitative estimate of drug-likeness (QED) is 0.810. The zero-order valence-corrected chi connectivity index (χ0v) is 13.2. The number of ether oxygens (including phenoxy) is 2. The number of fused-ring (bicyclic) bond motifs is 1. The number of hydrogen-bond donors (Lipinski definition) is 0. The van der Waals surface area contributed by atoms with Gasteiger partial charge in [0, 0.05) is 17.1 Å². The molecule has 0 saturated carbocycles. The maximum Gasteiger partial charge on any atom is 0.163 e. The smallest absolute Gasteiger partial charge is 0.163 e. The van der Waals surface area contributed by atoms with Gasteiger partial charge in [-0.1, -0.05) is 18.5 Å². The second-order valence-electron chi connectivity index (χ2n) is 4.53. The van der Waals surface area contributed by atoms with Crippen LogP contribution in [-0.4, -0.2) is 18.2 Å². The molecule has 2 rings (SSSR count). The van der Waals surface area contributed by atoms with Gasteiger partial charge in [0.1, 0.15) is 0 Å². The maximum atomic E-state index is 6.48. The molecule has 0 fully saturated rings. The third-order valence-electron chi connectivity index (χ3n) is 3.25. The summed E-state index contributed by atoms with van der Waals surface area (Å²) < 4.78 is 11.3. The summed E-state index contributed by atoms with van der Waals surface area (Å²) >= 11 is 6.48. The Labute approximate surface area is 124 Å². The monoisotopic (exact) mass is 293 g/mol. The molecule has 0 spiro atoms. The third kappa shape index (κ3) is 2.68. The molecule has 0 N–H and O–H groups in total. The van der Waals surface area contributed by atoms with Crippen LogP contribution in [0.5, 0.6) is 11.5 Å². The maximum absolute atomic E-state index is 6.48. The van der Waals surface area contributed by atoms with Crippen molar-refractivity contribution in [2.75, 3.05) is 13.2 Å². The molecule has 0 atom stereocenters. The minimum Gasteiger partial charge on any atom is -0.490 e. The molecule has 0 aliphatic heterocycles. The standard InChI is InChI=1S/C16H20ClNO2/c1-5-12-10(4)16(17)11-8-14(19-6-2)15(20-7-3)9-13(11)18-12/h8-9H,5-7H2,1-4H3. The Hall–Kier alpha value is -1.48. The van der Waals surface area contributed by atoms with Crippen molar-refractivity contribution < 1.29 is 9.47 Å². The Kier molecular flexibility index (Phi) is 4.71. The van der Waals surface area contributed by atoms with Crippen LogP contribution in [0.25, 0.3) is 10.9 Å². The van der Waals surface area contributed by atoms with E-state index in [1.807, 2.05) is 32.9 Å². The number of nitrogens with zero attached hydrogens (tertiary/aromatic N) is 1. The molecule has 108 valence electrons. The SMILES string of the molecule is CCOc1cc2nc(CC)c(C)c(Cl)c2cc1OCC. The normalized spacial score (nSPS) is 10.8. The summed E-state index contributed by atoms with van der Waals surface area (Å²) in [4.78, 5) is 4.68. The summed E-state index contributed by atoms with van der Waals surface area (Å²) in [6, 6.07) is 3.83. The van der Waals surface area contributed by atoms with Crippen molar-refractivity contribution in [2.45, 2.75) is 34.1 Å². The molecule has 4 heteroatoms. The summed E-state index contributed by atoms with van der Waals surface area (Å²) in [5, 5.41) is 1.66. The van der Waals surface area contributed by atoms with E-state index in [-0.39, 0.29) is 0 Å². The number of hydrogen-bond acceptors (Lipinski definition) is 3. The highest BCUT2D eigenvalue weighted by Gasteiger charge is 2.14. The molecule has 0 aliphatic rings. The predicted molar refractivity (Wildman–Crippen MR) is 83.2 cm³/mol. The minimum absolute atomic E-state index is 0.586. The van der Waals surface area contributed by atoms with E-state index in [1.54, 1.807) is 0 Å². The fourth-order valence-electron chi connectivity index (χ4n) is 2.26. The highest BCUT2D eigenvalue weighted by molar-refractivity contribution is 6.36. The van der Waals surface area contributed by atoms with Crippen molar-refractivity contribution >= 4 is 22.5 Å². The third-order valence-corrected chi connectivity index (χ3v) is 3.74. The largest absolute Gasteiger partial charge is 0.490 e. The van der Waals surface area contributed by atoms with E-state index in [0.29, 0.717) is 19.0 Å². The molecule has 3 nitrogen and oxygen atoms in total. The molecule has 0 saturated heterocycles. The number of benzene rings is 1. The lowest BCUT2D eigenvalue weighted by Crippen LogP contribution is -2.00. The summed E-state index contributed by atoms with van der Waals surface area (Å²) in [6.07, 6.45) is 0.860. The van der Waals surface area contributed by atoms with Crippen molar-refractivity contribution in [1.82, 2.24) is 4.98 Å². The van der Waals surface area contributed by atoms with Crippen LogP contribution in [0.15, 0.2) is 12.1 Å². The lowest BCUT2D eigenvalue weighted by molar-refractivity contribution is 0.288. The van der Waals surface area contributed by atoms with Crippen LogP contribution in [0.3, 0.4) is 0 Å². The van der Waals surface area contributed by atoms with Gasteiger partial charge in [-0.15, -0.1) is 0 Å². The van der Waals surface area contributed by atoms with Gasteiger partial charge in [0.2, 0.25) is 0 Å². The van der Waals surface area contributed by atoms with Crippen LogP contribution in [0.1, 0.15) is 32.0 Å². The lowest BCUT2D eigenvalue weighted by atomic mass is 10.1. The van der Waals surface area contributed by atoms with Crippen LogP contribution in [0.4, 0.5) is 0 Å². The minimum atomic E-state index is 0.586. The van der Waals surface area contributed by atoms with Gasteiger partial charge in [-0.3, -0.25) is 4.98 Å². The Morgan fingerprint density at radius 3 is 2.20 bits per heavy atom. The molecule has 20 heavy (non-hydrogen) atoms. The average Bonchev–Trinajstić information content (AvgIpc) is 2.44. The van der Waals surface area contributed by atoms with E-state index >= 15 is 0 Å². The van der Waals surface area contributed by atoms with E-state index in [9.17, 15) is 0 Å². The first-order chi connectivity index (χ1) is 9.62. The zero-order valence-electron chi connectivity index (χ0n) is 12.4. The number of pyridine rings is 1. The van der Waals surface area contributed by atoms with Gasteiger partial charge in [0.05, 0.1) is 23.8 Å². The number of aromatic nitrogens is 1. The van der Waals surface area contributed by atoms with Gasteiger partial charge in [-0.05, 0) is 38.8 Å². The number of rotatable bonds is 5. The molecule has 0 radical (unpaired) electrons. The first kappa shape index (κ1) is 14.9. The topological polar surface area (TPSA) is 31.4 Å². The van der Waals surface area contributed by atoms with Gasteiger partial charge < -0.3 is 9.47 Å². The molecule has 1 aromatic heterocycles. The molecule has 0 aliphatic carbocycles. The first-order valence-electron chi connectivity index (χ1n) is 7.00. The van der Waals surface area contributed by atoms with Crippen molar-refractivity contribution in [2.24, 2.45) is 0 Å². The molecular weight excluding hydrogens is 274 g/mol. The second kappa shape index (κ2) is 6.31. The Bertz CT molecular complexity index is 626. The highest BCUT2D eigenvalue weighted by atomic mass is 35.5. The summed E-state index contributed by atoms with van der Waals surface area (Å²) in [7, 11) is 0. The molecule has 0 unspecified atom stereocenters. The van der Waals surface area contributed by atoms with Crippen LogP contribution in [0.2, 0.25) is 5.02 Å². The molecule has 2 aromatic rings. The van der Waals surface area contributed by atoms with Gasteiger partial charge in [-0.25, -0.2) is 0 Å². The number of aryl methyl sites for hydroxylation is 1. The van der Waals surface area contributed by atoms with E-state index in [2.05, 4.69) is 11.9 Å². The van der Waals surface area contributed by atoms with Gasteiger partial charge >= 0.3 is 0 Å². The van der Waals surface area contributed by atoms with Crippen LogP contribution in [0, 0.1) is 6.92 Å². The molecule has 0 bridgehead atoms. The summed E-state index contributed by atoms with van der Waals surface area (Å²) in [6.45, 7) is 9.16. The summed E-state index contributed by atoms with van der Waals surface area (Å²) in [5.74, 6) is 1.44. The van der Waals surface area contributed by atoms with Gasteiger partial charge in [-0.2, -0.15) is 0 Å². The van der Waals surface area contributed by atoms with Gasteiger partial charge in [0.25, 0.3) is 0 Å². The van der Waals surface area contributed by atoms with Crippen LogP contribution >= 0.6 is 11.6 Å². The van der Waals surface area contributed by atoms with Crippen molar-refractivity contribution in [3.05, 3.63) is 28.4 Å². The zero-order chi connectivity index (χ0) is 14.7. The Balaban J connectivity index is 2.69. The van der Waals surface area contributed by atoms with Gasteiger partial charge in [0.15, 0.2) is 11.5 Å². The van der Waals surface area contributed by atoms with Crippen molar-refractivity contribution in [3.8, 4) is 11.5 Å². The van der Waals surface area contributed by atoms with E-state index in [4.69, 9.17) is 21.1 Å². The average molecular weight is 294 g/mol. The molecule has 1 heterocycles. The molecule has 0 amide bonds.